The van der Waals surface area contributed by atoms with Crippen LogP contribution < -0.4 is 15.1 Å². The van der Waals surface area contributed by atoms with Crippen molar-refractivity contribution < 1.29 is 66.3 Å². The molecule has 0 aliphatic carbocycles. The average Bonchev–Trinajstić information content (AvgIpc) is 0.811. The van der Waals surface area contributed by atoms with Crippen LogP contribution in [0.5, 0.6) is 0 Å². The van der Waals surface area contributed by atoms with Crippen molar-refractivity contribution in [3.63, 3.8) is 0 Å². The fourth-order valence-corrected chi connectivity index (χ4v) is 0. The van der Waals surface area contributed by atoms with Gasteiger partial charge in [-0.15, -0.1) is 0 Å². The van der Waals surface area contributed by atoms with E-state index in [0.29, 0.717) is 0 Å². The first kappa shape index (κ1) is 23.6. The Bertz CT molecular complexity index is 14.9. The Morgan fingerprint density at radius 2 is 0.714 bits per heavy atom. The summed E-state index contributed by atoms with van der Waals surface area (Å²) in [4.78, 5) is 0. The van der Waals surface area contributed by atoms with Crippen LogP contribution in [0, 0.1) is 0 Å². The van der Waals surface area contributed by atoms with Gasteiger partial charge in [0.25, 0.3) is 0 Å². The second kappa shape index (κ2) is 15.6. The zero-order chi connectivity index (χ0) is 3.58. The third kappa shape index (κ3) is 101. The quantitative estimate of drug-likeness (QED) is 0.394. The molecule has 45 valence electrons. The van der Waals surface area contributed by atoms with Crippen LogP contribution in [0.4, 0.5) is 0 Å². The number of hydrogen-bond acceptors (Lipinski definition) is 3. The Kier molecular flexibility index (Phi) is 52.8. The predicted molar refractivity (Wildman–Crippen MR) is 5.75 cm³/mol. The first-order valence-corrected chi connectivity index (χ1v) is 0.707. The van der Waals surface area contributed by atoms with Crippen molar-refractivity contribution in [3.05, 3.63) is 0 Å². The maximum absolute atomic E-state index is 8.42. The second-order valence-corrected chi connectivity index (χ2v) is 0.289. The molecule has 0 bridgehead atoms. The zero-order valence-electron chi connectivity index (χ0n) is 2.94. The van der Waals surface area contributed by atoms with Crippen LogP contribution in [0.2, 0.25) is 0 Å². The minimum absolute atomic E-state index is 0. The molecule has 0 aromatic rings. The Labute approximate surface area is 73.5 Å². The van der Waals surface area contributed by atoms with Gasteiger partial charge in [-0.3, -0.25) is 7.32 Å². The Balaban J connectivity index is -0.0000000150. The van der Waals surface area contributed by atoms with Gasteiger partial charge < -0.3 is 15.1 Å². The van der Waals surface area contributed by atoms with Crippen LogP contribution in [-0.4, -0.2) is 7.32 Å². The van der Waals surface area contributed by atoms with E-state index in [2.05, 4.69) is 0 Å². The predicted octanol–water partition coefficient (Wildman–Crippen LogP) is -3.96. The summed E-state index contributed by atoms with van der Waals surface area (Å²) in [7, 11) is -2.92. The molecule has 0 rings (SSSR count). The minimum atomic E-state index is -2.92. The van der Waals surface area contributed by atoms with E-state index in [-0.39, 0.29) is 51.2 Å². The summed E-state index contributed by atoms with van der Waals surface area (Å²) in [5, 5.41) is 25.2. The van der Waals surface area contributed by atoms with E-state index in [1.807, 2.05) is 0 Å². The first-order chi connectivity index (χ1) is 1.73. The standard InChI is InChI=1S/BO3.3Mn/c2-1(3)4;;;/q-3;;;. The van der Waals surface area contributed by atoms with E-state index >= 15 is 0 Å². The first-order valence-electron chi connectivity index (χ1n) is 0.707. The molecule has 0 heterocycles. The third-order valence-electron chi connectivity index (χ3n) is 0. The molecule has 0 aromatic heterocycles. The monoisotopic (exact) mass is 224 g/mol. The van der Waals surface area contributed by atoms with E-state index in [9.17, 15) is 0 Å². The fourth-order valence-electron chi connectivity index (χ4n) is 0. The number of rotatable bonds is 0. The molecule has 0 atom stereocenters. The molecule has 0 saturated carbocycles. The topological polar surface area (TPSA) is 69.2 Å². The van der Waals surface area contributed by atoms with Gasteiger partial charge in [0.05, 0.1) is 0 Å². The zero-order valence-corrected chi connectivity index (χ0v) is 6.48. The summed E-state index contributed by atoms with van der Waals surface area (Å²) in [6, 6.07) is 0. The molecule has 0 spiro atoms. The Morgan fingerprint density at radius 1 is 0.714 bits per heavy atom. The van der Waals surface area contributed by atoms with Gasteiger partial charge in [-0.2, -0.15) is 0 Å². The summed E-state index contributed by atoms with van der Waals surface area (Å²) in [5.74, 6) is 0. The molecule has 7 heteroatoms. The molecule has 0 N–H and O–H groups in total. The Hall–Kier alpha value is 1.50. The molecule has 0 saturated heterocycles. The molecule has 0 amide bonds. The van der Waals surface area contributed by atoms with E-state index < -0.39 is 7.32 Å². The van der Waals surface area contributed by atoms with Crippen molar-refractivity contribution in [3.8, 4) is 0 Å². The molecule has 0 aliphatic heterocycles. The molecule has 0 aromatic carbocycles. The fraction of sp³-hybridized carbons (Fsp3) is 0. The molecule has 0 aliphatic rings. The summed E-state index contributed by atoms with van der Waals surface area (Å²) in [6.45, 7) is 0. The van der Waals surface area contributed by atoms with Crippen LogP contribution in [0.1, 0.15) is 0 Å². The van der Waals surface area contributed by atoms with Gasteiger partial charge in [-0.05, 0) is 0 Å². The van der Waals surface area contributed by atoms with Crippen LogP contribution in [0.3, 0.4) is 0 Å². The van der Waals surface area contributed by atoms with Crippen molar-refractivity contribution in [2.75, 3.05) is 0 Å². The van der Waals surface area contributed by atoms with Gasteiger partial charge in [-0.25, -0.2) is 0 Å². The van der Waals surface area contributed by atoms with Gasteiger partial charge in [0.1, 0.15) is 0 Å². The van der Waals surface area contributed by atoms with Gasteiger partial charge in [0, 0.05) is 51.2 Å². The van der Waals surface area contributed by atoms with Crippen LogP contribution >= 0.6 is 0 Å². The molecule has 3 radical (unpaired) electrons. The summed E-state index contributed by atoms with van der Waals surface area (Å²) < 4.78 is 0. The van der Waals surface area contributed by atoms with Gasteiger partial charge >= 0.3 is 0 Å². The molecule has 0 fully saturated rings. The van der Waals surface area contributed by atoms with Gasteiger partial charge in [-0.1, -0.05) is 0 Å². The summed E-state index contributed by atoms with van der Waals surface area (Å²) in [6.07, 6.45) is 0. The van der Waals surface area contributed by atoms with Crippen molar-refractivity contribution >= 4 is 7.32 Å². The average molecular weight is 224 g/mol. The molecular formula is BMn3O3-3. The second-order valence-electron chi connectivity index (χ2n) is 0.289. The van der Waals surface area contributed by atoms with Crippen LogP contribution in [0.25, 0.3) is 0 Å². The maximum atomic E-state index is 8.42. The molecular weight excluding hydrogens is 224 g/mol. The molecule has 7 heavy (non-hydrogen) atoms. The third-order valence-corrected chi connectivity index (χ3v) is 0. The summed E-state index contributed by atoms with van der Waals surface area (Å²) >= 11 is 0. The van der Waals surface area contributed by atoms with Crippen LogP contribution in [0.15, 0.2) is 0 Å². The van der Waals surface area contributed by atoms with E-state index in [0.717, 1.165) is 0 Å². The van der Waals surface area contributed by atoms with Crippen molar-refractivity contribution in [2.45, 2.75) is 0 Å². The van der Waals surface area contributed by atoms with Crippen molar-refractivity contribution in [1.29, 1.82) is 0 Å². The van der Waals surface area contributed by atoms with Gasteiger partial charge in [0.15, 0.2) is 0 Å². The van der Waals surface area contributed by atoms with Crippen molar-refractivity contribution in [1.82, 2.24) is 0 Å². The normalized spacial score (nSPS) is 3.86. The van der Waals surface area contributed by atoms with Gasteiger partial charge in [0.2, 0.25) is 0 Å². The Morgan fingerprint density at radius 3 is 0.714 bits per heavy atom. The van der Waals surface area contributed by atoms with E-state index in [1.54, 1.807) is 0 Å². The summed E-state index contributed by atoms with van der Waals surface area (Å²) in [5.41, 5.74) is 0. The van der Waals surface area contributed by atoms with E-state index in [4.69, 9.17) is 15.1 Å². The molecule has 3 nitrogen and oxygen atoms in total. The van der Waals surface area contributed by atoms with Crippen molar-refractivity contribution in [2.24, 2.45) is 0 Å². The largest absolute Gasteiger partial charge is 0.907 e. The van der Waals surface area contributed by atoms with Crippen LogP contribution in [-0.2, 0) is 51.2 Å². The maximum Gasteiger partial charge on any atom is 0 e. The minimum Gasteiger partial charge on any atom is -0.907 e. The molecule has 0 unspecified atom stereocenters. The SMILES string of the molecule is [Mn].[Mn].[Mn].[O-]B([O-])[O-]. The number of hydrogen-bond donors (Lipinski definition) is 0. The smallest absolute Gasteiger partial charge is 0 e. The van der Waals surface area contributed by atoms with E-state index in [1.165, 1.54) is 0 Å².